The van der Waals surface area contributed by atoms with Gasteiger partial charge in [-0.3, -0.25) is 4.98 Å². The molecule has 0 aliphatic rings. The van der Waals surface area contributed by atoms with Gasteiger partial charge in [-0.2, -0.15) is 0 Å². The molecule has 2 aromatic heterocycles. The first kappa shape index (κ1) is 23.0. The van der Waals surface area contributed by atoms with Crippen molar-refractivity contribution in [3.63, 3.8) is 0 Å². The number of aromatic nitrogens is 2. The van der Waals surface area contributed by atoms with Gasteiger partial charge in [0.2, 0.25) is 0 Å². The number of hydrogen-bond donors (Lipinski definition) is 1. The summed E-state index contributed by atoms with van der Waals surface area (Å²) in [6, 6.07) is 19.7. The molecule has 4 rings (SSSR count). The van der Waals surface area contributed by atoms with Crippen LogP contribution in [-0.4, -0.2) is 19.4 Å². The van der Waals surface area contributed by atoms with E-state index in [0.29, 0.717) is 12.0 Å². The van der Waals surface area contributed by atoms with Gasteiger partial charge in [-0.25, -0.2) is 0 Å². The molecule has 0 radical (unpaired) electrons. The van der Waals surface area contributed by atoms with Gasteiger partial charge in [0.1, 0.15) is 10.4 Å². The van der Waals surface area contributed by atoms with E-state index in [0.717, 1.165) is 38.1 Å². The first-order chi connectivity index (χ1) is 15.2. The topological polar surface area (TPSA) is 74.0 Å². The molecule has 0 spiro atoms. The molecule has 7 heteroatoms. The zero-order valence-corrected chi connectivity index (χ0v) is 21.0. The molecule has 4 aromatic rings. The summed E-state index contributed by atoms with van der Waals surface area (Å²) in [6.45, 7) is 7.87. The molecular formula is C25H26BrN3O2S. The normalized spacial score (nSPS) is 13.9. The lowest BCUT2D eigenvalue weighted by molar-refractivity contribution is 0.459. The van der Waals surface area contributed by atoms with Crippen LogP contribution in [0.2, 0.25) is 0 Å². The maximum Gasteiger partial charge on any atom is 0.168 e. The molecule has 1 N–H and O–H groups in total. The third kappa shape index (κ3) is 5.07. The van der Waals surface area contributed by atoms with Crippen LogP contribution in [0.4, 0.5) is 0 Å². The number of benzene rings is 2. The van der Waals surface area contributed by atoms with Crippen molar-refractivity contribution in [1.29, 1.82) is 0 Å². The SMILES string of the molecule is Cc1cccc(C[C@H](N[S+]([O-])C(C)(C)C)c2ccccc2-c2noc3cc(Br)ccc23)n1. The third-order valence-electron chi connectivity index (χ3n) is 5.19. The lowest BCUT2D eigenvalue weighted by atomic mass is 9.94. The van der Waals surface area contributed by atoms with Gasteiger partial charge < -0.3 is 9.08 Å². The van der Waals surface area contributed by atoms with E-state index in [1.165, 1.54) is 0 Å². The van der Waals surface area contributed by atoms with E-state index < -0.39 is 16.1 Å². The van der Waals surface area contributed by atoms with Crippen LogP contribution >= 0.6 is 15.9 Å². The van der Waals surface area contributed by atoms with Gasteiger partial charge in [0.25, 0.3) is 0 Å². The second-order valence-electron chi connectivity index (χ2n) is 8.78. The van der Waals surface area contributed by atoms with Crippen LogP contribution < -0.4 is 4.72 Å². The summed E-state index contributed by atoms with van der Waals surface area (Å²) in [7, 11) is 0. The van der Waals surface area contributed by atoms with E-state index in [1.54, 1.807) is 0 Å². The van der Waals surface area contributed by atoms with Gasteiger partial charge in [-0.15, -0.1) is 4.72 Å². The largest absolute Gasteiger partial charge is 0.598 e. The second-order valence-corrected chi connectivity index (χ2v) is 11.7. The van der Waals surface area contributed by atoms with E-state index in [1.807, 2.05) is 82.3 Å². The molecule has 0 bridgehead atoms. The second kappa shape index (κ2) is 9.35. The molecule has 0 amide bonds. The van der Waals surface area contributed by atoms with Crippen molar-refractivity contribution in [3.05, 3.63) is 82.1 Å². The first-order valence-corrected chi connectivity index (χ1v) is 12.4. The molecule has 2 heterocycles. The smallest absolute Gasteiger partial charge is 0.168 e. The molecule has 32 heavy (non-hydrogen) atoms. The molecule has 2 aromatic carbocycles. The molecule has 166 valence electrons. The van der Waals surface area contributed by atoms with Crippen molar-refractivity contribution in [3.8, 4) is 11.3 Å². The molecule has 0 saturated carbocycles. The lowest BCUT2D eigenvalue weighted by Crippen LogP contribution is -2.42. The number of rotatable bonds is 6. The molecule has 0 fully saturated rings. The minimum Gasteiger partial charge on any atom is -0.598 e. The number of hydrogen-bond acceptors (Lipinski definition) is 5. The Morgan fingerprint density at radius 1 is 1.09 bits per heavy atom. The zero-order valence-electron chi connectivity index (χ0n) is 18.6. The molecular weight excluding hydrogens is 486 g/mol. The monoisotopic (exact) mass is 511 g/mol. The van der Waals surface area contributed by atoms with Crippen LogP contribution in [0.1, 0.15) is 43.8 Å². The molecule has 5 nitrogen and oxygen atoms in total. The van der Waals surface area contributed by atoms with Gasteiger partial charge in [0, 0.05) is 44.6 Å². The number of fused-ring (bicyclic) bond motifs is 1. The number of aryl methyl sites for hydroxylation is 1. The highest BCUT2D eigenvalue weighted by Gasteiger charge is 2.31. The Hall–Kier alpha value is -2.19. The van der Waals surface area contributed by atoms with Crippen molar-refractivity contribution in [2.45, 2.75) is 44.9 Å². The minimum absolute atomic E-state index is 0.220. The standard InChI is InChI=1S/C25H26BrN3O2S/c1-16-8-7-9-18(27-16)15-22(29-32(30)25(2,3)4)19-10-5-6-11-20(19)24-21-13-12-17(26)14-23(21)31-28-24/h5-14,22,29H,15H2,1-4H3/t22-,32?/m0/s1. The molecule has 1 unspecified atom stereocenters. The van der Waals surface area contributed by atoms with E-state index >= 15 is 0 Å². The third-order valence-corrected chi connectivity index (χ3v) is 7.29. The van der Waals surface area contributed by atoms with Crippen molar-refractivity contribution in [2.24, 2.45) is 0 Å². The highest BCUT2D eigenvalue weighted by Crippen LogP contribution is 2.35. The summed E-state index contributed by atoms with van der Waals surface area (Å²) in [6.07, 6.45) is 0.599. The fourth-order valence-electron chi connectivity index (χ4n) is 3.57. The fraction of sp³-hybridized carbons (Fsp3) is 0.280. The summed E-state index contributed by atoms with van der Waals surface area (Å²) < 4.78 is 22.6. The molecule has 0 aliphatic heterocycles. The van der Waals surface area contributed by atoms with E-state index in [2.05, 4.69) is 36.9 Å². The van der Waals surface area contributed by atoms with Crippen LogP contribution in [0.3, 0.4) is 0 Å². The number of halogens is 1. The maximum absolute atomic E-state index is 13.1. The van der Waals surface area contributed by atoms with Crippen molar-refractivity contribution in [1.82, 2.24) is 14.9 Å². The van der Waals surface area contributed by atoms with Gasteiger partial charge in [0.05, 0.1) is 6.04 Å². The minimum atomic E-state index is -1.26. The van der Waals surface area contributed by atoms with Crippen molar-refractivity contribution in [2.75, 3.05) is 0 Å². The van der Waals surface area contributed by atoms with Gasteiger partial charge in [-0.1, -0.05) is 51.4 Å². The molecule has 2 atom stereocenters. The highest BCUT2D eigenvalue weighted by molar-refractivity contribution is 9.10. The van der Waals surface area contributed by atoms with Gasteiger partial charge >= 0.3 is 0 Å². The molecule has 0 aliphatic carbocycles. The number of pyridine rings is 1. The lowest BCUT2D eigenvalue weighted by Gasteiger charge is -2.29. The Kier molecular flexibility index (Phi) is 6.72. The Morgan fingerprint density at radius 2 is 1.88 bits per heavy atom. The predicted octanol–water partition coefficient (Wildman–Crippen LogP) is 6.30. The average Bonchev–Trinajstić information content (AvgIpc) is 3.15. The number of nitrogens with zero attached hydrogens (tertiary/aromatic N) is 2. The van der Waals surface area contributed by atoms with Crippen LogP contribution in [0.25, 0.3) is 22.2 Å². The van der Waals surface area contributed by atoms with Crippen molar-refractivity contribution >= 4 is 38.3 Å². The van der Waals surface area contributed by atoms with Crippen LogP contribution in [0.15, 0.2) is 69.7 Å². The first-order valence-electron chi connectivity index (χ1n) is 10.5. The summed E-state index contributed by atoms with van der Waals surface area (Å²) in [5.74, 6) is 0. The number of nitrogens with one attached hydrogen (secondary N) is 1. The summed E-state index contributed by atoms with van der Waals surface area (Å²) in [5, 5.41) is 5.32. The molecule has 0 saturated heterocycles. The Bertz CT molecular complexity index is 1240. The van der Waals surface area contributed by atoms with Crippen LogP contribution in [0, 0.1) is 6.92 Å². The van der Waals surface area contributed by atoms with Crippen LogP contribution in [-0.2, 0) is 17.8 Å². The van der Waals surface area contributed by atoms with Gasteiger partial charge in [0.15, 0.2) is 5.58 Å². The summed E-state index contributed by atoms with van der Waals surface area (Å²) >= 11 is 2.23. The fourth-order valence-corrected chi connectivity index (χ4v) is 4.73. The summed E-state index contributed by atoms with van der Waals surface area (Å²) in [4.78, 5) is 4.68. The van der Waals surface area contributed by atoms with E-state index in [-0.39, 0.29) is 6.04 Å². The van der Waals surface area contributed by atoms with Crippen molar-refractivity contribution < 1.29 is 9.08 Å². The Labute approximate surface area is 200 Å². The Morgan fingerprint density at radius 3 is 2.62 bits per heavy atom. The maximum atomic E-state index is 13.1. The van der Waals surface area contributed by atoms with Crippen LogP contribution in [0.5, 0.6) is 0 Å². The summed E-state index contributed by atoms with van der Waals surface area (Å²) in [5.41, 5.74) is 5.34. The highest BCUT2D eigenvalue weighted by atomic mass is 79.9. The zero-order chi connectivity index (χ0) is 22.9. The average molecular weight is 512 g/mol. The quantitative estimate of drug-likeness (QED) is 0.307. The Balaban J connectivity index is 1.80. The van der Waals surface area contributed by atoms with Gasteiger partial charge in [-0.05, 0) is 63.6 Å². The predicted molar refractivity (Wildman–Crippen MR) is 134 cm³/mol. The van der Waals surface area contributed by atoms with E-state index in [9.17, 15) is 4.55 Å². The van der Waals surface area contributed by atoms with E-state index in [4.69, 9.17) is 4.52 Å².